The van der Waals surface area contributed by atoms with E-state index in [4.69, 9.17) is 11.6 Å². The molecule has 3 N–H and O–H groups in total. The van der Waals surface area contributed by atoms with E-state index in [9.17, 15) is 19.5 Å². The van der Waals surface area contributed by atoms with Crippen LogP contribution in [0.5, 0.6) is 5.75 Å². The molecule has 2 heterocycles. The number of phenols is 1. The number of hydrogen-bond acceptors (Lipinski definition) is 5. The second-order valence-corrected chi connectivity index (χ2v) is 9.59. The molecule has 5 aromatic rings. The van der Waals surface area contributed by atoms with Crippen LogP contribution in [0.4, 0.5) is 5.69 Å². The third-order valence-corrected chi connectivity index (χ3v) is 6.95. The van der Waals surface area contributed by atoms with E-state index in [2.05, 4.69) is 15.3 Å². The van der Waals surface area contributed by atoms with E-state index in [0.717, 1.165) is 11.1 Å². The Labute approximate surface area is 227 Å². The van der Waals surface area contributed by atoms with Crippen molar-refractivity contribution in [3.8, 4) is 17.1 Å². The zero-order valence-corrected chi connectivity index (χ0v) is 21.2. The summed E-state index contributed by atoms with van der Waals surface area (Å²) < 4.78 is 0. The number of fused-ring (bicyclic) bond motifs is 2. The first-order valence-corrected chi connectivity index (χ1v) is 12.6. The van der Waals surface area contributed by atoms with E-state index in [1.807, 2.05) is 12.1 Å². The number of rotatable bonds is 6. The molecule has 1 aromatic heterocycles. The third-order valence-electron chi connectivity index (χ3n) is 6.70. The molecule has 8 nitrogen and oxygen atoms in total. The van der Waals surface area contributed by atoms with Crippen molar-refractivity contribution >= 4 is 46.0 Å². The van der Waals surface area contributed by atoms with Crippen molar-refractivity contribution in [3.63, 3.8) is 0 Å². The van der Waals surface area contributed by atoms with Gasteiger partial charge in [-0.15, -0.1) is 0 Å². The molecule has 192 valence electrons. The molecule has 1 aliphatic rings. The van der Waals surface area contributed by atoms with Crippen LogP contribution in [0.15, 0.2) is 84.9 Å². The Morgan fingerprint density at radius 3 is 2.23 bits per heavy atom. The second-order valence-electron chi connectivity index (χ2n) is 9.16. The first-order valence-electron chi connectivity index (χ1n) is 12.2. The molecule has 39 heavy (non-hydrogen) atoms. The summed E-state index contributed by atoms with van der Waals surface area (Å²) in [5, 5.41) is 13.8. The van der Waals surface area contributed by atoms with Gasteiger partial charge < -0.3 is 15.4 Å². The number of aromatic nitrogens is 2. The minimum atomic E-state index is -0.382. The van der Waals surface area contributed by atoms with Gasteiger partial charge in [0, 0.05) is 22.8 Å². The number of carbonyl (C=O) groups is 3. The molecule has 9 heteroatoms. The van der Waals surface area contributed by atoms with Crippen LogP contribution >= 0.6 is 11.6 Å². The van der Waals surface area contributed by atoms with Gasteiger partial charge in [0.2, 0.25) is 0 Å². The summed E-state index contributed by atoms with van der Waals surface area (Å²) in [5.41, 5.74) is 4.11. The van der Waals surface area contributed by atoms with Crippen molar-refractivity contribution in [1.82, 2.24) is 14.9 Å². The number of amides is 3. The van der Waals surface area contributed by atoms with Crippen LogP contribution in [0.2, 0.25) is 5.02 Å². The highest BCUT2D eigenvalue weighted by Gasteiger charge is 2.34. The van der Waals surface area contributed by atoms with Gasteiger partial charge in [0.05, 0.1) is 16.7 Å². The lowest BCUT2D eigenvalue weighted by atomic mass is 10.1. The molecule has 3 amide bonds. The Kier molecular flexibility index (Phi) is 6.09. The smallest absolute Gasteiger partial charge is 0.261 e. The molecule has 1 aliphatic heterocycles. The van der Waals surface area contributed by atoms with E-state index in [0.29, 0.717) is 50.7 Å². The van der Waals surface area contributed by atoms with Crippen molar-refractivity contribution in [3.05, 3.63) is 112 Å². The van der Waals surface area contributed by atoms with Gasteiger partial charge in [0.25, 0.3) is 17.7 Å². The first kappa shape index (κ1) is 24.4. The number of anilines is 1. The summed E-state index contributed by atoms with van der Waals surface area (Å²) in [7, 11) is 0. The maximum absolute atomic E-state index is 13.1. The minimum absolute atomic E-state index is 0.0170. The van der Waals surface area contributed by atoms with Crippen LogP contribution in [0.25, 0.3) is 22.4 Å². The van der Waals surface area contributed by atoms with Gasteiger partial charge >= 0.3 is 0 Å². The first-order chi connectivity index (χ1) is 18.9. The molecule has 0 radical (unpaired) electrons. The number of aromatic amines is 1. The number of halogens is 1. The highest BCUT2D eigenvalue weighted by molar-refractivity contribution is 6.30. The molecular weight excluding hydrogens is 516 g/mol. The lowest BCUT2D eigenvalue weighted by molar-refractivity contribution is 0.0655. The molecule has 4 aromatic carbocycles. The number of phenolic OH excluding ortho intramolecular Hbond substituents is 1. The molecule has 0 atom stereocenters. The van der Waals surface area contributed by atoms with Crippen molar-refractivity contribution in [2.45, 2.75) is 6.42 Å². The van der Waals surface area contributed by atoms with Gasteiger partial charge in [0.1, 0.15) is 22.6 Å². The van der Waals surface area contributed by atoms with Crippen LogP contribution < -0.4 is 5.32 Å². The van der Waals surface area contributed by atoms with Gasteiger partial charge in [0.15, 0.2) is 0 Å². The van der Waals surface area contributed by atoms with Crippen LogP contribution in [0.3, 0.4) is 0 Å². The Hall–Kier alpha value is -4.95. The van der Waals surface area contributed by atoms with Crippen molar-refractivity contribution in [2.24, 2.45) is 0 Å². The Bertz CT molecular complexity index is 1730. The number of nitrogens with one attached hydrogen (secondary N) is 2. The molecule has 0 saturated carbocycles. The van der Waals surface area contributed by atoms with Crippen LogP contribution in [0, 0.1) is 0 Å². The lowest BCUT2D eigenvalue weighted by Gasteiger charge is -2.14. The summed E-state index contributed by atoms with van der Waals surface area (Å²) in [4.78, 5) is 47.2. The van der Waals surface area contributed by atoms with E-state index in [1.54, 1.807) is 60.7 Å². The van der Waals surface area contributed by atoms with Crippen LogP contribution in [0.1, 0.15) is 36.6 Å². The fourth-order valence-electron chi connectivity index (χ4n) is 4.64. The number of nitrogens with zero attached hydrogens (tertiary/aromatic N) is 2. The molecule has 0 unspecified atom stereocenters. The average molecular weight is 537 g/mol. The van der Waals surface area contributed by atoms with Gasteiger partial charge in [-0.2, -0.15) is 0 Å². The zero-order chi connectivity index (χ0) is 27.1. The largest absolute Gasteiger partial charge is 0.506 e. The van der Waals surface area contributed by atoms with E-state index >= 15 is 0 Å². The fourth-order valence-corrected chi connectivity index (χ4v) is 4.77. The second kappa shape index (κ2) is 9.74. The third kappa shape index (κ3) is 4.51. The topological polar surface area (TPSA) is 115 Å². The quantitative estimate of drug-likeness (QED) is 0.241. The number of aromatic hydroxyl groups is 1. The molecule has 6 rings (SSSR count). The van der Waals surface area contributed by atoms with E-state index < -0.39 is 0 Å². The number of carbonyl (C=O) groups excluding carboxylic acids is 3. The minimum Gasteiger partial charge on any atom is -0.506 e. The summed E-state index contributed by atoms with van der Waals surface area (Å²) in [6, 6.07) is 24.1. The normalized spacial score (nSPS) is 12.7. The van der Waals surface area contributed by atoms with E-state index in [-0.39, 0.29) is 30.0 Å². The number of imidazole rings is 1. The fraction of sp³-hybridized carbons (Fsp3) is 0.0667. The molecule has 0 spiro atoms. The molecule has 0 bridgehead atoms. The Morgan fingerprint density at radius 2 is 1.56 bits per heavy atom. The van der Waals surface area contributed by atoms with Gasteiger partial charge in [-0.1, -0.05) is 35.9 Å². The van der Waals surface area contributed by atoms with Crippen molar-refractivity contribution < 1.29 is 19.5 Å². The van der Waals surface area contributed by atoms with Gasteiger partial charge in [-0.25, -0.2) is 4.98 Å². The monoisotopic (exact) mass is 536 g/mol. The molecule has 0 saturated heterocycles. The number of imide groups is 1. The lowest BCUT2D eigenvalue weighted by Crippen LogP contribution is -2.31. The summed E-state index contributed by atoms with van der Waals surface area (Å²) >= 11 is 5.98. The Morgan fingerprint density at radius 1 is 0.897 bits per heavy atom. The predicted octanol–water partition coefficient (Wildman–Crippen LogP) is 5.68. The standard InChI is InChI=1S/C30H21ClN4O4/c31-19-9-7-18(8-10-19)27-33-25-23(13-14-24(36)26(25)34-27)28(37)32-20-11-5-17(6-12-20)15-16-35-29(38)21-3-1-2-4-22(21)30(35)39/h1-14,36H,15-16H2,(H,32,37)(H,33,34). The van der Waals surface area contributed by atoms with Crippen molar-refractivity contribution in [2.75, 3.05) is 11.9 Å². The van der Waals surface area contributed by atoms with Gasteiger partial charge in [-0.05, 0) is 72.6 Å². The zero-order valence-electron chi connectivity index (χ0n) is 20.4. The maximum Gasteiger partial charge on any atom is 0.261 e. The van der Waals surface area contributed by atoms with Crippen molar-refractivity contribution in [1.29, 1.82) is 0 Å². The Balaban J connectivity index is 1.15. The van der Waals surface area contributed by atoms with Crippen LogP contribution in [-0.2, 0) is 6.42 Å². The SMILES string of the molecule is O=C(Nc1ccc(CCN2C(=O)c3ccccc3C2=O)cc1)c1ccc(O)c2[nH]c(-c3ccc(Cl)cc3)nc12. The van der Waals surface area contributed by atoms with Gasteiger partial charge in [-0.3, -0.25) is 19.3 Å². The molecular formula is C30H21ClN4O4. The predicted molar refractivity (Wildman–Crippen MR) is 148 cm³/mol. The maximum atomic E-state index is 13.1. The molecule has 0 fully saturated rings. The highest BCUT2D eigenvalue weighted by Crippen LogP contribution is 2.30. The summed E-state index contributed by atoms with van der Waals surface area (Å²) in [6.07, 6.45) is 0.485. The number of benzene rings is 4. The summed E-state index contributed by atoms with van der Waals surface area (Å²) in [6.45, 7) is 0.263. The highest BCUT2D eigenvalue weighted by atomic mass is 35.5. The van der Waals surface area contributed by atoms with Crippen LogP contribution in [-0.4, -0.2) is 44.2 Å². The van der Waals surface area contributed by atoms with E-state index in [1.165, 1.54) is 17.0 Å². The number of hydrogen-bond donors (Lipinski definition) is 3. The average Bonchev–Trinajstić information content (AvgIpc) is 3.50. The number of H-pyrrole nitrogens is 1. The summed E-state index contributed by atoms with van der Waals surface area (Å²) in [5.74, 6) is -0.459. The molecule has 0 aliphatic carbocycles.